The van der Waals surface area contributed by atoms with Gasteiger partial charge in [-0.2, -0.15) is 0 Å². The number of aromatic amines is 1. The molecule has 0 spiro atoms. The third kappa shape index (κ3) is 4.03. The van der Waals surface area contributed by atoms with E-state index in [0.29, 0.717) is 4.77 Å². The van der Waals surface area contributed by atoms with Crippen LogP contribution in [-0.2, 0) is 19.7 Å². The monoisotopic (exact) mass is 291 g/mol. The van der Waals surface area contributed by atoms with Crippen molar-refractivity contribution in [2.75, 3.05) is 13.6 Å². The number of hydrogen-bond acceptors (Lipinski definition) is 3. The molecule has 0 saturated heterocycles. The molecule has 20 heavy (non-hydrogen) atoms. The van der Waals surface area contributed by atoms with E-state index in [0.717, 1.165) is 31.7 Å². The number of hydrogen-bond donors (Lipinski definition) is 2. The molecule has 0 aliphatic carbocycles. The van der Waals surface area contributed by atoms with Gasteiger partial charge in [0, 0.05) is 19.3 Å². The van der Waals surface area contributed by atoms with Crippen LogP contribution < -0.4 is 0 Å². The van der Waals surface area contributed by atoms with E-state index in [1.165, 1.54) is 5.56 Å². The summed E-state index contributed by atoms with van der Waals surface area (Å²) >= 11 is 5.21. The van der Waals surface area contributed by atoms with Crippen LogP contribution in [0.1, 0.15) is 17.7 Å². The molecular formula is C15H21N3OS. The summed E-state index contributed by atoms with van der Waals surface area (Å²) in [6.45, 7) is 2.79. The lowest BCUT2D eigenvalue weighted by molar-refractivity contribution is 0.267. The lowest BCUT2D eigenvalue weighted by Crippen LogP contribution is -2.20. The summed E-state index contributed by atoms with van der Waals surface area (Å²) in [6.07, 6.45) is 2.78. The van der Waals surface area contributed by atoms with E-state index in [1.807, 2.05) is 10.6 Å². The molecule has 0 saturated carbocycles. The van der Waals surface area contributed by atoms with Crippen LogP contribution >= 0.6 is 12.2 Å². The van der Waals surface area contributed by atoms with Crippen LogP contribution in [0.25, 0.3) is 0 Å². The number of nitrogens with one attached hydrogen (secondary N) is 1. The lowest BCUT2D eigenvalue weighted by Gasteiger charge is -2.17. The minimum absolute atomic E-state index is 0.0208. The summed E-state index contributed by atoms with van der Waals surface area (Å²) in [5.74, 6) is 0. The van der Waals surface area contributed by atoms with E-state index in [4.69, 9.17) is 12.2 Å². The fraction of sp³-hybridized carbons (Fsp3) is 0.400. The average molecular weight is 291 g/mol. The molecule has 1 aromatic heterocycles. The first kappa shape index (κ1) is 15.0. The zero-order valence-electron chi connectivity index (χ0n) is 11.7. The number of rotatable bonds is 7. The van der Waals surface area contributed by atoms with E-state index in [1.54, 1.807) is 6.20 Å². The predicted molar refractivity (Wildman–Crippen MR) is 82.9 cm³/mol. The van der Waals surface area contributed by atoms with E-state index < -0.39 is 0 Å². The molecule has 2 rings (SSSR count). The molecule has 0 aliphatic heterocycles. The first-order valence-electron chi connectivity index (χ1n) is 6.81. The Labute approximate surface area is 124 Å². The number of aliphatic hydroxyl groups is 1. The lowest BCUT2D eigenvalue weighted by atomic mass is 10.2. The molecular weight excluding hydrogens is 270 g/mol. The van der Waals surface area contributed by atoms with Crippen LogP contribution in [-0.4, -0.2) is 33.1 Å². The molecule has 4 nitrogen and oxygen atoms in total. The highest BCUT2D eigenvalue weighted by Crippen LogP contribution is 2.06. The Hall–Kier alpha value is -1.43. The molecule has 5 heteroatoms. The minimum Gasteiger partial charge on any atom is -0.390 e. The molecule has 0 radical (unpaired) electrons. The molecule has 108 valence electrons. The van der Waals surface area contributed by atoms with Gasteiger partial charge in [0.25, 0.3) is 0 Å². The van der Waals surface area contributed by atoms with Gasteiger partial charge in [-0.3, -0.25) is 0 Å². The SMILES string of the molecule is CN(CCCn1c(CO)c[nH]c1=S)Cc1ccccc1. The zero-order chi connectivity index (χ0) is 14.4. The third-order valence-electron chi connectivity index (χ3n) is 3.33. The van der Waals surface area contributed by atoms with Crippen molar-refractivity contribution in [1.82, 2.24) is 14.5 Å². The number of imidazole rings is 1. The number of aromatic nitrogens is 2. The van der Waals surface area contributed by atoms with Crippen LogP contribution in [0.3, 0.4) is 0 Å². The second-order valence-corrected chi connectivity index (χ2v) is 5.36. The number of aliphatic hydroxyl groups excluding tert-OH is 1. The Bertz CT molecular complexity index is 576. The first-order chi connectivity index (χ1) is 9.70. The van der Waals surface area contributed by atoms with Gasteiger partial charge in [-0.25, -0.2) is 0 Å². The van der Waals surface area contributed by atoms with E-state index in [9.17, 15) is 5.11 Å². The molecule has 0 bridgehead atoms. The van der Waals surface area contributed by atoms with Gasteiger partial charge in [-0.05, 0) is 37.8 Å². The van der Waals surface area contributed by atoms with Crippen LogP contribution in [0.2, 0.25) is 0 Å². The van der Waals surface area contributed by atoms with Crippen molar-refractivity contribution < 1.29 is 5.11 Å². The second kappa shape index (κ2) is 7.38. The second-order valence-electron chi connectivity index (χ2n) is 4.97. The zero-order valence-corrected chi connectivity index (χ0v) is 12.6. The molecule has 1 heterocycles. The Kier molecular flexibility index (Phi) is 5.52. The topological polar surface area (TPSA) is 44.2 Å². The van der Waals surface area contributed by atoms with Crippen LogP contribution in [0.15, 0.2) is 36.5 Å². The van der Waals surface area contributed by atoms with Gasteiger partial charge in [0.2, 0.25) is 0 Å². The summed E-state index contributed by atoms with van der Waals surface area (Å²) in [7, 11) is 2.12. The molecule has 2 aromatic rings. The van der Waals surface area contributed by atoms with Gasteiger partial charge in [0.15, 0.2) is 4.77 Å². The smallest absolute Gasteiger partial charge is 0.177 e. The van der Waals surface area contributed by atoms with E-state index >= 15 is 0 Å². The largest absolute Gasteiger partial charge is 0.390 e. The number of nitrogens with zero attached hydrogens (tertiary/aromatic N) is 2. The highest BCUT2D eigenvalue weighted by atomic mass is 32.1. The van der Waals surface area contributed by atoms with Crippen molar-refractivity contribution in [2.24, 2.45) is 0 Å². The summed E-state index contributed by atoms with van der Waals surface area (Å²) in [5, 5.41) is 9.24. The summed E-state index contributed by atoms with van der Waals surface area (Å²) in [6, 6.07) is 10.4. The summed E-state index contributed by atoms with van der Waals surface area (Å²) in [4.78, 5) is 5.27. The maximum absolute atomic E-state index is 9.24. The van der Waals surface area contributed by atoms with Crippen LogP contribution in [0, 0.1) is 4.77 Å². The third-order valence-corrected chi connectivity index (χ3v) is 3.67. The van der Waals surface area contributed by atoms with Crippen molar-refractivity contribution in [2.45, 2.75) is 26.1 Å². The Morgan fingerprint density at radius 2 is 2.05 bits per heavy atom. The Morgan fingerprint density at radius 1 is 1.30 bits per heavy atom. The molecule has 0 fully saturated rings. The summed E-state index contributed by atoms with van der Waals surface area (Å²) in [5.41, 5.74) is 2.17. The Balaban J connectivity index is 1.81. The molecule has 0 aliphatic rings. The predicted octanol–water partition coefficient (Wildman–Crippen LogP) is 2.56. The minimum atomic E-state index is 0.0208. The first-order valence-corrected chi connectivity index (χ1v) is 7.22. The fourth-order valence-corrected chi connectivity index (χ4v) is 2.55. The standard InChI is InChI=1S/C15H21N3OS/c1-17(11-13-6-3-2-4-7-13)8-5-9-18-14(12-19)10-16-15(18)20/h2-4,6-7,10,19H,5,8-9,11-12H2,1H3,(H,16,20). The number of H-pyrrole nitrogens is 1. The van der Waals surface area contributed by atoms with Gasteiger partial charge in [0.05, 0.1) is 12.3 Å². The van der Waals surface area contributed by atoms with Crippen molar-refractivity contribution in [3.05, 3.63) is 52.6 Å². The summed E-state index contributed by atoms with van der Waals surface area (Å²) < 4.78 is 2.64. The van der Waals surface area contributed by atoms with Gasteiger partial charge >= 0.3 is 0 Å². The van der Waals surface area contributed by atoms with Crippen molar-refractivity contribution >= 4 is 12.2 Å². The molecule has 0 unspecified atom stereocenters. The fourth-order valence-electron chi connectivity index (χ4n) is 2.28. The highest BCUT2D eigenvalue weighted by molar-refractivity contribution is 7.71. The maximum Gasteiger partial charge on any atom is 0.177 e. The van der Waals surface area contributed by atoms with Crippen molar-refractivity contribution in [3.63, 3.8) is 0 Å². The van der Waals surface area contributed by atoms with Crippen LogP contribution in [0.4, 0.5) is 0 Å². The molecule has 0 atom stereocenters. The van der Waals surface area contributed by atoms with Crippen molar-refractivity contribution in [1.29, 1.82) is 0 Å². The normalized spacial score (nSPS) is 11.2. The maximum atomic E-state index is 9.24. The molecule has 0 amide bonds. The quantitative estimate of drug-likeness (QED) is 0.771. The van der Waals surface area contributed by atoms with Gasteiger partial charge in [-0.15, -0.1) is 0 Å². The average Bonchev–Trinajstić information content (AvgIpc) is 2.81. The van der Waals surface area contributed by atoms with Crippen molar-refractivity contribution in [3.8, 4) is 0 Å². The van der Waals surface area contributed by atoms with Gasteiger partial charge in [0.1, 0.15) is 0 Å². The highest BCUT2D eigenvalue weighted by Gasteiger charge is 2.04. The van der Waals surface area contributed by atoms with E-state index in [2.05, 4.69) is 41.2 Å². The van der Waals surface area contributed by atoms with Gasteiger partial charge in [-0.1, -0.05) is 30.3 Å². The Morgan fingerprint density at radius 3 is 2.75 bits per heavy atom. The van der Waals surface area contributed by atoms with Gasteiger partial charge < -0.3 is 19.6 Å². The molecule has 1 aromatic carbocycles. The number of benzene rings is 1. The van der Waals surface area contributed by atoms with E-state index in [-0.39, 0.29) is 6.61 Å². The molecule has 2 N–H and O–H groups in total. The van der Waals surface area contributed by atoms with Crippen LogP contribution in [0.5, 0.6) is 0 Å².